The fraction of sp³-hybridized carbons (Fsp3) is 0.421. The van der Waals surface area contributed by atoms with Gasteiger partial charge in [0.15, 0.2) is 0 Å². The predicted octanol–water partition coefficient (Wildman–Crippen LogP) is 3.48. The molecule has 0 spiro atoms. The van der Waals surface area contributed by atoms with Crippen molar-refractivity contribution in [3.05, 3.63) is 59.3 Å². The molecule has 1 heterocycles. The van der Waals surface area contributed by atoms with Crippen LogP contribution in [0.3, 0.4) is 0 Å². The number of aryl methyl sites for hydroxylation is 2. The molecule has 1 aromatic carbocycles. The van der Waals surface area contributed by atoms with Gasteiger partial charge in [0.05, 0.1) is 0 Å². The van der Waals surface area contributed by atoms with E-state index in [-0.39, 0.29) is 11.8 Å². The van der Waals surface area contributed by atoms with E-state index >= 15 is 0 Å². The third kappa shape index (κ3) is 4.78. The summed E-state index contributed by atoms with van der Waals surface area (Å²) in [5.41, 5.74) is 2.65. The molecule has 1 amide bonds. The second-order valence-corrected chi connectivity index (χ2v) is 6.10. The Morgan fingerprint density at radius 2 is 1.96 bits per heavy atom. The zero-order valence-corrected chi connectivity index (χ0v) is 13.8. The van der Waals surface area contributed by atoms with Crippen LogP contribution in [0.5, 0.6) is 0 Å². The number of amides is 1. The van der Waals surface area contributed by atoms with E-state index in [1.807, 2.05) is 18.2 Å². The van der Waals surface area contributed by atoms with Gasteiger partial charge in [-0.3, -0.25) is 4.79 Å². The van der Waals surface area contributed by atoms with Gasteiger partial charge in [-0.2, -0.15) is 0 Å². The molecule has 0 saturated carbocycles. The highest BCUT2D eigenvalue weighted by Crippen LogP contribution is 2.19. The smallest absolute Gasteiger partial charge is 0.308 e. The second kappa shape index (κ2) is 8.43. The summed E-state index contributed by atoms with van der Waals surface area (Å²) in [6.07, 6.45) is 9.51. The number of aromatic nitrogens is 2. The van der Waals surface area contributed by atoms with Crippen LogP contribution in [0.2, 0.25) is 0 Å². The molecule has 0 atom stereocenters. The molecule has 24 heavy (non-hydrogen) atoms. The highest BCUT2D eigenvalue weighted by molar-refractivity contribution is 5.89. The number of allylic oxidation sites excluding steroid dienone is 1. The summed E-state index contributed by atoms with van der Waals surface area (Å²) in [5, 5.41) is 10.7. The highest BCUT2D eigenvalue weighted by atomic mass is 16.4. The fourth-order valence-electron chi connectivity index (χ4n) is 2.89. The van der Waals surface area contributed by atoms with E-state index in [0.717, 1.165) is 25.7 Å². The van der Waals surface area contributed by atoms with E-state index in [2.05, 4.69) is 33.7 Å². The Kier molecular flexibility index (Phi) is 5.77. The van der Waals surface area contributed by atoms with Crippen molar-refractivity contribution in [3.63, 3.8) is 0 Å². The van der Waals surface area contributed by atoms with Gasteiger partial charge in [0.2, 0.25) is 5.89 Å². The van der Waals surface area contributed by atoms with Crippen molar-refractivity contribution in [2.24, 2.45) is 0 Å². The summed E-state index contributed by atoms with van der Waals surface area (Å²) in [5.74, 6) is 0.263. The van der Waals surface area contributed by atoms with E-state index in [0.29, 0.717) is 18.9 Å². The number of nitrogens with one attached hydrogen (secondary N) is 1. The van der Waals surface area contributed by atoms with Crippen LogP contribution in [0, 0.1) is 0 Å². The number of nitrogens with zero attached hydrogens (tertiary/aromatic N) is 2. The van der Waals surface area contributed by atoms with Gasteiger partial charge in [-0.05, 0) is 44.1 Å². The number of carbonyl (C=O) groups is 1. The maximum absolute atomic E-state index is 12.0. The average molecular weight is 325 g/mol. The molecule has 0 radical (unpaired) electrons. The molecule has 5 heteroatoms. The van der Waals surface area contributed by atoms with Crippen molar-refractivity contribution in [2.75, 3.05) is 6.54 Å². The van der Waals surface area contributed by atoms with E-state index < -0.39 is 0 Å². The maximum Gasteiger partial charge on any atom is 0.308 e. The first-order valence-corrected chi connectivity index (χ1v) is 8.63. The first-order valence-electron chi connectivity index (χ1n) is 8.63. The first-order chi connectivity index (χ1) is 11.8. The summed E-state index contributed by atoms with van der Waals surface area (Å²) in [6.45, 7) is 0.617. The lowest BCUT2D eigenvalue weighted by atomic mass is 9.97. The van der Waals surface area contributed by atoms with E-state index in [4.69, 9.17) is 4.42 Å². The number of carbonyl (C=O) groups excluding carboxylic acids is 1. The minimum atomic E-state index is -0.287. The van der Waals surface area contributed by atoms with Gasteiger partial charge >= 0.3 is 11.8 Å². The molecule has 1 N–H and O–H groups in total. The summed E-state index contributed by atoms with van der Waals surface area (Å²) >= 11 is 0. The third-order valence-electron chi connectivity index (χ3n) is 4.25. The molecule has 0 unspecified atom stereocenters. The number of benzene rings is 1. The molecule has 1 aliphatic carbocycles. The van der Waals surface area contributed by atoms with Gasteiger partial charge in [-0.15, -0.1) is 10.2 Å². The molecule has 0 saturated heterocycles. The lowest BCUT2D eigenvalue weighted by Crippen LogP contribution is -2.25. The van der Waals surface area contributed by atoms with Crippen LogP contribution >= 0.6 is 0 Å². The van der Waals surface area contributed by atoms with Crippen LogP contribution in [-0.4, -0.2) is 22.6 Å². The topological polar surface area (TPSA) is 68.0 Å². The van der Waals surface area contributed by atoms with Crippen LogP contribution < -0.4 is 5.32 Å². The Morgan fingerprint density at radius 3 is 2.75 bits per heavy atom. The van der Waals surface area contributed by atoms with E-state index in [1.54, 1.807) is 0 Å². The Balaban J connectivity index is 1.44. The van der Waals surface area contributed by atoms with Crippen LogP contribution in [0.15, 0.2) is 46.4 Å². The predicted molar refractivity (Wildman–Crippen MR) is 91.6 cm³/mol. The Hall–Kier alpha value is -2.43. The van der Waals surface area contributed by atoms with E-state index in [9.17, 15) is 4.79 Å². The average Bonchev–Trinajstić information content (AvgIpc) is 3.11. The van der Waals surface area contributed by atoms with Gasteiger partial charge < -0.3 is 9.73 Å². The first kappa shape index (κ1) is 16.4. The van der Waals surface area contributed by atoms with Gasteiger partial charge in [-0.1, -0.05) is 42.0 Å². The van der Waals surface area contributed by atoms with Crippen molar-refractivity contribution in [2.45, 2.75) is 44.9 Å². The molecular formula is C19H23N3O2. The molecule has 3 rings (SSSR count). The van der Waals surface area contributed by atoms with Crippen molar-refractivity contribution < 1.29 is 9.21 Å². The molecule has 5 nitrogen and oxygen atoms in total. The molecule has 0 bridgehead atoms. The molecule has 1 aliphatic rings. The minimum Gasteiger partial charge on any atom is -0.417 e. The van der Waals surface area contributed by atoms with Crippen molar-refractivity contribution >= 4 is 5.91 Å². The third-order valence-corrected chi connectivity index (χ3v) is 4.25. The molecule has 0 aliphatic heterocycles. The minimum absolute atomic E-state index is 0.0516. The summed E-state index contributed by atoms with van der Waals surface area (Å²) in [6, 6.07) is 10.1. The molecular weight excluding hydrogens is 302 g/mol. The summed E-state index contributed by atoms with van der Waals surface area (Å²) < 4.78 is 5.46. The Labute approximate surface area is 142 Å². The van der Waals surface area contributed by atoms with Crippen LogP contribution in [0.4, 0.5) is 0 Å². The Bertz CT molecular complexity index is 692. The van der Waals surface area contributed by atoms with Gasteiger partial charge in [-0.25, -0.2) is 0 Å². The number of hydrogen-bond acceptors (Lipinski definition) is 4. The van der Waals surface area contributed by atoms with Crippen molar-refractivity contribution in [1.82, 2.24) is 15.5 Å². The SMILES string of the molecule is O=C(NCCC1=CCCCC1)c1nnc(CCc2ccccc2)o1. The fourth-order valence-corrected chi connectivity index (χ4v) is 2.89. The lowest BCUT2D eigenvalue weighted by molar-refractivity contribution is 0.0917. The van der Waals surface area contributed by atoms with Crippen LogP contribution in [0.25, 0.3) is 0 Å². The van der Waals surface area contributed by atoms with Gasteiger partial charge in [0.1, 0.15) is 0 Å². The zero-order chi connectivity index (χ0) is 16.6. The normalized spacial score (nSPS) is 14.2. The summed E-state index contributed by atoms with van der Waals surface area (Å²) in [7, 11) is 0. The number of hydrogen-bond donors (Lipinski definition) is 1. The molecule has 126 valence electrons. The Morgan fingerprint density at radius 1 is 1.08 bits per heavy atom. The largest absolute Gasteiger partial charge is 0.417 e. The van der Waals surface area contributed by atoms with Gasteiger partial charge in [0.25, 0.3) is 0 Å². The number of rotatable bonds is 7. The zero-order valence-electron chi connectivity index (χ0n) is 13.8. The monoisotopic (exact) mass is 325 g/mol. The van der Waals surface area contributed by atoms with E-state index in [1.165, 1.54) is 24.0 Å². The summed E-state index contributed by atoms with van der Waals surface area (Å²) in [4.78, 5) is 12.0. The van der Waals surface area contributed by atoms with Crippen LogP contribution in [0.1, 0.15) is 54.2 Å². The molecule has 2 aromatic rings. The molecule has 0 fully saturated rings. The van der Waals surface area contributed by atoms with Gasteiger partial charge in [0, 0.05) is 13.0 Å². The quantitative estimate of drug-likeness (QED) is 0.791. The van der Waals surface area contributed by atoms with Crippen molar-refractivity contribution in [1.29, 1.82) is 0 Å². The molecule has 1 aromatic heterocycles. The maximum atomic E-state index is 12.0. The van der Waals surface area contributed by atoms with Crippen LogP contribution in [-0.2, 0) is 12.8 Å². The van der Waals surface area contributed by atoms with Crippen molar-refractivity contribution in [3.8, 4) is 0 Å². The lowest BCUT2D eigenvalue weighted by Gasteiger charge is -2.12. The highest BCUT2D eigenvalue weighted by Gasteiger charge is 2.14. The standard InChI is InChI=1S/C19H23N3O2/c23-18(20-14-13-16-9-5-2-6-10-16)19-22-21-17(24-19)12-11-15-7-3-1-4-8-15/h1,3-4,7-9H,2,5-6,10-14H2,(H,20,23). The second-order valence-electron chi connectivity index (χ2n) is 6.10.